The van der Waals surface area contributed by atoms with Crippen molar-refractivity contribution in [3.63, 3.8) is 0 Å². The molecular weight excluding hydrogens is 302 g/mol. The standard InChI is InChI=1S/C19H27N3O2/c1-19(2,3)18(24)22-13-14-4-6-16(7-5-14)17(23)21-12-15-8-10-20-11-9-15/h4-8,20H,9-13H2,1-3H3,(H,21,23)(H,22,24). The number of benzene rings is 1. The molecule has 0 aromatic heterocycles. The van der Waals surface area contributed by atoms with Crippen LogP contribution in [0.4, 0.5) is 0 Å². The molecule has 0 saturated carbocycles. The average Bonchev–Trinajstić information content (AvgIpc) is 2.58. The Kier molecular flexibility index (Phi) is 6.15. The highest BCUT2D eigenvalue weighted by Gasteiger charge is 2.20. The predicted octanol–water partition coefficient (Wildman–Crippen LogP) is 2.00. The van der Waals surface area contributed by atoms with Crippen molar-refractivity contribution in [3.8, 4) is 0 Å². The smallest absolute Gasteiger partial charge is 0.251 e. The van der Waals surface area contributed by atoms with E-state index in [-0.39, 0.29) is 11.8 Å². The zero-order chi connectivity index (χ0) is 17.6. The number of hydrogen-bond acceptors (Lipinski definition) is 3. The van der Waals surface area contributed by atoms with Crippen LogP contribution in [0.15, 0.2) is 35.9 Å². The molecule has 2 rings (SSSR count). The minimum Gasteiger partial charge on any atom is -0.352 e. The lowest BCUT2D eigenvalue weighted by Gasteiger charge is -2.17. The summed E-state index contributed by atoms with van der Waals surface area (Å²) in [5.74, 6) is -0.0562. The van der Waals surface area contributed by atoms with Crippen molar-refractivity contribution in [1.29, 1.82) is 0 Å². The number of amides is 2. The highest BCUT2D eigenvalue weighted by Crippen LogP contribution is 2.13. The van der Waals surface area contributed by atoms with Gasteiger partial charge in [0.25, 0.3) is 5.91 Å². The maximum absolute atomic E-state index is 12.2. The van der Waals surface area contributed by atoms with Gasteiger partial charge in [0, 0.05) is 30.6 Å². The number of nitrogens with one attached hydrogen (secondary N) is 3. The first-order chi connectivity index (χ1) is 11.4. The third-order valence-electron chi connectivity index (χ3n) is 3.98. The minimum absolute atomic E-state index is 0.0135. The third-order valence-corrected chi connectivity index (χ3v) is 3.98. The summed E-state index contributed by atoms with van der Waals surface area (Å²) in [6.07, 6.45) is 3.11. The Morgan fingerprint density at radius 3 is 2.38 bits per heavy atom. The largest absolute Gasteiger partial charge is 0.352 e. The summed E-state index contributed by atoms with van der Waals surface area (Å²) < 4.78 is 0. The van der Waals surface area contributed by atoms with Gasteiger partial charge in [0.2, 0.25) is 5.91 Å². The topological polar surface area (TPSA) is 70.2 Å². The molecular formula is C19H27N3O2. The van der Waals surface area contributed by atoms with E-state index < -0.39 is 5.41 Å². The highest BCUT2D eigenvalue weighted by atomic mass is 16.2. The molecule has 2 amide bonds. The third kappa shape index (κ3) is 5.49. The van der Waals surface area contributed by atoms with E-state index in [9.17, 15) is 9.59 Å². The van der Waals surface area contributed by atoms with Gasteiger partial charge in [0.1, 0.15) is 0 Å². The second kappa shape index (κ2) is 8.11. The summed E-state index contributed by atoms with van der Waals surface area (Å²) in [6.45, 7) is 8.56. The second-order valence-corrected chi connectivity index (χ2v) is 7.13. The first kappa shape index (κ1) is 18.2. The molecule has 0 fully saturated rings. The average molecular weight is 329 g/mol. The van der Waals surface area contributed by atoms with Crippen LogP contribution in [0.1, 0.15) is 43.1 Å². The Morgan fingerprint density at radius 2 is 1.79 bits per heavy atom. The summed E-state index contributed by atoms with van der Waals surface area (Å²) in [4.78, 5) is 24.0. The van der Waals surface area contributed by atoms with Gasteiger partial charge in [-0.2, -0.15) is 0 Å². The quantitative estimate of drug-likeness (QED) is 0.724. The van der Waals surface area contributed by atoms with E-state index in [0.29, 0.717) is 18.7 Å². The first-order valence-electron chi connectivity index (χ1n) is 8.40. The van der Waals surface area contributed by atoms with Gasteiger partial charge in [-0.3, -0.25) is 9.59 Å². The van der Waals surface area contributed by atoms with Crippen molar-refractivity contribution in [3.05, 3.63) is 47.0 Å². The zero-order valence-corrected chi connectivity index (χ0v) is 14.7. The van der Waals surface area contributed by atoms with Crippen LogP contribution in [0.2, 0.25) is 0 Å². The number of rotatable bonds is 5. The fraction of sp³-hybridized carbons (Fsp3) is 0.474. The molecule has 1 aromatic carbocycles. The fourth-order valence-electron chi connectivity index (χ4n) is 2.35. The first-order valence-corrected chi connectivity index (χ1v) is 8.40. The van der Waals surface area contributed by atoms with Crippen LogP contribution in [0.3, 0.4) is 0 Å². The van der Waals surface area contributed by atoms with Crippen molar-refractivity contribution >= 4 is 11.8 Å². The molecule has 1 heterocycles. The van der Waals surface area contributed by atoms with Crippen LogP contribution in [0, 0.1) is 5.41 Å². The van der Waals surface area contributed by atoms with Crippen molar-refractivity contribution in [1.82, 2.24) is 16.0 Å². The van der Waals surface area contributed by atoms with E-state index in [0.717, 1.165) is 25.1 Å². The Bertz CT molecular complexity index is 612. The Hall–Kier alpha value is -2.14. The van der Waals surface area contributed by atoms with Gasteiger partial charge in [-0.15, -0.1) is 0 Å². The van der Waals surface area contributed by atoms with Crippen LogP contribution < -0.4 is 16.0 Å². The van der Waals surface area contributed by atoms with E-state index in [4.69, 9.17) is 0 Å². The summed E-state index contributed by atoms with van der Waals surface area (Å²) in [5.41, 5.74) is 2.48. The van der Waals surface area contributed by atoms with Gasteiger partial charge >= 0.3 is 0 Å². The van der Waals surface area contributed by atoms with E-state index in [1.54, 1.807) is 12.1 Å². The lowest BCUT2D eigenvalue weighted by Crippen LogP contribution is -2.34. The predicted molar refractivity (Wildman–Crippen MR) is 95.6 cm³/mol. The molecule has 5 heteroatoms. The summed E-state index contributed by atoms with van der Waals surface area (Å²) in [7, 11) is 0. The van der Waals surface area contributed by atoms with Crippen molar-refractivity contribution in [2.24, 2.45) is 5.41 Å². The molecule has 0 radical (unpaired) electrons. The number of carbonyl (C=O) groups excluding carboxylic acids is 2. The SMILES string of the molecule is CC(C)(C)C(=O)NCc1ccc(C(=O)NCC2=CCNCC2)cc1. The molecule has 0 spiro atoms. The van der Waals surface area contributed by atoms with Crippen molar-refractivity contribution in [2.75, 3.05) is 19.6 Å². The van der Waals surface area contributed by atoms with Crippen LogP contribution >= 0.6 is 0 Å². The maximum Gasteiger partial charge on any atom is 0.251 e. The van der Waals surface area contributed by atoms with Crippen LogP contribution in [-0.4, -0.2) is 31.4 Å². The van der Waals surface area contributed by atoms with E-state index in [1.165, 1.54) is 5.57 Å². The molecule has 0 unspecified atom stereocenters. The highest BCUT2D eigenvalue weighted by molar-refractivity contribution is 5.94. The summed E-state index contributed by atoms with van der Waals surface area (Å²) in [6, 6.07) is 7.35. The summed E-state index contributed by atoms with van der Waals surface area (Å²) in [5, 5.41) is 9.11. The molecule has 5 nitrogen and oxygen atoms in total. The molecule has 1 aliphatic rings. The van der Waals surface area contributed by atoms with E-state index in [1.807, 2.05) is 32.9 Å². The Labute approximate surface area is 143 Å². The number of hydrogen-bond donors (Lipinski definition) is 3. The van der Waals surface area contributed by atoms with Crippen molar-refractivity contribution < 1.29 is 9.59 Å². The van der Waals surface area contributed by atoms with E-state index >= 15 is 0 Å². The molecule has 130 valence electrons. The van der Waals surface area contributed by atoms with Gasteiger partial charge in [-0.05, 0) is 30.7 Å². The lowest BCUT2D eigenvalue weighted by atomic mass is 9.95. The Morgan fingerprint density at radius 1 is 1.08 bits per heavy atom. The van der Waals surface area contributed by atoms with Gasteiger partial charge in [-0.25, -0.2) is 0 Å². The maximum atomic E-state index is 12.2. The minimum atomic E-state index is -0.400. The van der Waals surface area contributed by atoms with Gasteiger partial charge < -0.3 is 16.0 Å². The number of carbonyl (C=O) groups is 2. The molecule has 0 atom stereocenters. The molecule has 1 aromatic rings. The molecule has 3 N–H and O–H groups in total. The molecule has 0 aliphatic carbocycles. The molecule has 1 aliphatic heterocycles. The van der Waals surface area contributed by atoms with E-state index in [2.05, 4.69) is 22.0 Å². The monoisotopic (exact) mass is 329 g/mol. The molecule has 24 heavy (non-hydrogen) atoms. The fourth-order valence-corrected chi connectivity index (χ4v) is 2.35. The molecule has 0 bridgehead atoms. The Balaban J connectivity index is 1.83. The molecule has 0 saturated heterocycles. The van der Waals surface area contributed by atoms with Gasteiger partial charge in [0.15, 0.2) is 0 Å². The normalized spacial score (nSPS) is 14.7. The second-order valence-electron chi connectivity index (χ2n) is 7.13. The lowest BCUT2D eigenvalue weighted by molar-refractivity contribution is -0.128. The summed E-state index contributed by atoms with van der Waals surface area (Å²) >= 11 is 0. The van der Waals surface area contributed by atoms with Crippen LogP contribution in [0.5, 0.6) is 0 Å². The van der Waals surface area contributed by atoms with Crippen LogP contribution in [0.25, 0.3) is 0 Å². The van der Waals surface area contributed by atoms with Crippen molar-refractivity contribution in [2.45, 2.75) is 33.7 Å². The van der Waals surface area contributed by atoms with Crippen LogP contribution in [-0.2, 0) is 11.3 Å². The van der Waals surface area contributed by atoms with Gasteiger partial charge in [0.05, 0.1) is 0 Å². The zero-order valence-electron chi connectivity index (χ0n) is 14.7. The van der Waals surface area contributed by atoms with Gasteiger partial charge in [-0.1, -0.05) is 44.6 Å².